The Labute approximate surface area is 166 Å². The summed E-state index contributed by atoms with van der Waals surface area (Å²) in [5.74, 6) is 2.52. The summed E-state index contributed by atoms with van der Waals surface area (Å²) < 4.78 is 12.5. The van der Waals surface area contributed by atoms with E-state index in [-0.39, 0.29) is 18.4 Å². The molecule has 3 aromatic rings. The minimum atomic E-state index is -0.312. The van der Waals surface area contributed by atoms with Crippen molar-refractivity contribution in [2.45, 2.75) is 25.3 Å². The van der Waals surface area contributed by atoms with Gasteiger partial charge in [0.05, 0.1) is 0 Å². The van der Waals surface area contributed by atoms with Gasteiger partial charge in [-0.3, -0.25) is 0 Å². The van der Waals surface area contributed by atoms with Crippen molar-refractivity contribution in [1.29, 1.82) is 0 Å². The van der Waals surface area contributed by atoms with E-state index in [1.807, 2.05) is 96.1 Å². The van der Waals surface area contributed by atoms with Gasteiger partial charge in [-0.25, -0.2) is 0 Å². The molecule has 0 aliphatic carbocycles. The fourth-order valence-corrected chi connectivity index (χ4v) is 3.29. The molecule has 0 saturated carbocycles. The average molecular weight is 374 g/mol. The fraction of sp³-hybridized carbons (Fsp3) is 0.208. The zero-order valence-electron chi connectivity index (χ0n) is 15.7. The van der Waals surface area contributed by atoms with Crippen molar-refractivity contribution < 1.29 is 14.3 Å². The van der Waals surface area contributed by atoms with Crippen LogP contribution in [0.25, 0.3) is 0 Å². The topological polar surface area (TPSA) is 30.9 Å². The second-order valence-corrected chi connectivity index (χ2v) is 6.87. The van der Waals surface area contributed by atoms with E-state index in [1.165, 1.54) is 0 Å². The van der Waals surface area contributed by atoms with Crippen LogP contribution in [0.2, 0.25) is 0 Å². The molecule has 2 unspecified atom stereocenters. The summed E-state index contributed by atoms with van der Waals surface area (Å²) in [6, 6.07) is 29.3. The molecule has 1 fully saturated rings. The number of nitrogens with zero attached hydrogens (tertiary/aromatic N) is 1. The molecule has 0 spiro atoms. The minimum Gasteiger partial charge on any atom is -0.472 e. The first-order valence-electron chi connectivity index (χ1n) is 9.56. The lowest BCUT2D eigenvalue weighted by atomic mass is 9.97. The third-order valence-corrected chi connectivity index (χ3v) is 4.62. The molecule has 4 heteroatoms. The highest BCUT2D eigenvalue weighted by atomic mass is 16.7. The Kier molecular flexibility index (Phi) is 5.78. The molecule has 4 nitrogen and oxygen atoms in total. The van der Waals surface area contributed by atoms with Crippen molar-refractivity contribution in [3.63, 3.8) is 0 Å². The molecule has 3 aromatic carbocycles. The normalized spacial score (nSPS) is 22.4. The molecule has 143 valence electrons. The number of rotatable bonds is 6. The molecule has 1 aliphatic rings. The van der Waals surface area contributed by atoms with Crippen LogP contribution >= 0.6 is 0 Å². The maximum absolute atomic E-state index is 6.26. The maximum atomic E-state index is 6.26. The predicted molar refractivity (Wildman–Crippen MR) is 109 cm³/mol. The standard InChI is InChI=1S/C24H24NO3/c1-19-17-23(26-20-11-5-2-6-12-20)25(28-22-15-9-4-10-16-22)24(18-19)27-21-13-7-3-8-14-21/h2-16,19,23-24H,1,17-18H2. The van der Waals surface area contributed by atoms with Gasteiger partial charge in [-0.1, -0.05) is 59.7 Å². The summed E-state index contributed by atoms with van der Waals surface area (Å²) in [6.45, 7) is 4.28. The Hall–Kier alpha value is -2.98. The van der Waals surface area contributed by atoms with E-state index in [0.717, 1.165) is 30.1 Å². The molecular formula is C24H24NO3. The molecule has 0 bridgehead atoms. The first kappa shape index (κ1) is 18.4. The van der Waals surface area contributed by atoms with Gasteiger partial charge in [0, 0.05) is 12.8 Å². The van der Waals surface area contributed by atoms with E-state index in [0.29, 0.717) is 0 Å². The van der Waals surface area contributed by atoms with E-state index >= 15 is 0 Å². The minimum absolute atomic E-state index is 0.193. The van der Waals surface area contributed by atoms with Crippen molar-refractivity contribution in [3.8, 4) is 17.2 Å². The number of hydrogen-bond acceptors (Lipinski definition) is 4. The Morgan fingerprint density at radius 2 is 1.00 bits per heavy atom. The van der Waals surface area contributed by atoms with Crippen molar-refractivity contribution in [1.82, 2.24) is 5.06 Å². The molecule has 0 amide bonds. The average Bonchev–Trinajstić information content (AvgIpc) is 2.73. The number of benzene rings is 3. The number of ether oxygens (including phenoxy) is 2. The van der Waals surface area contributed by atoms with Crippen molar-refractivity contribution in [3.05, 3.63) is 97.9 Å². The Morgan fingerprint density at radius 3 is 1.43 bits per heavy atom. The summed E-state index contributed by atoms with van der Waals surface area (Å²) in [5, 5.41) is 1.82. The molecule has 1 radical (unpaired) electrons. The maximum Gasteiger partial charge on any atom is 0.188 e. The van der Waals surface area contributed by atoms with Crippen molar-refractivity contribution in [2.75, 3.05) is 0 Å². The van der Waals surface area contributed by atoms with Crippen LogP contribution in [0.1, 0.15) is 12.8 Å². The second-order valence-electron chi connectivity index (χ2n) is 6.87. The van der Waals surface area contributed by atoms with Gasteiger partial charge in [-0.05, 0) is 49.2 Å². The van der Waals surface area contributed by atoms with Gasteiger partial charge in [0.15, 0.2) is 12.5 Å². The van der Waals surface area contributed by atoms with Crippen LogP contribution in [0.3, 0.4) is 0 Å². The number of para-hydroxylation sites is 3. The molecule has 2 atom stereocenters. The summed E-state index contributed by atoms with van der Waals surface area (Å²) >= 11 is 0. The van der Waals surface area contributed by atoms with Crippen LogP contribution in [-0.2, 0) is 0 Å². The van der Waals surface area contributed by atoms with Crippen molar-refractivity contribution >= 4 is 0 Å². The molecule has 1 saturated heterocycles. The zero-order valence-corrected chi connectivity index (χ0v) is 15.7. The van der Waals surface area contributed by atoms with Gasteiger partial charge in [-0.2, -0.15) is 0 Å². The van der Waals surface area contributed by atoms with Gasteiger partial charge >= 0.3 is 0 Å². The van der Waals surface area contributed by atoms with Crippen LogP contribution in [0, 0.1) is 12.8 Å². The highest BCUT2D eigenvalue weighted by Crippen LogP contribution is 2.32. The fourth-order valence-electron chi connectivity index (χ4n) is 3.29. The highest BCUT2D eigenvalue weighted by molar-refractivity contribution is 5.23. The van der Waals surface area contributed by atoms with Gasteiger partial charge in [0.1, 0.15) is 17.2 Å². The van der Waals surface area contributed by atoms with Gasteiger partial charge in [0.25, 0.3) is 0 Å². The van der Waals surface area contributed by atoms with Gasteiger partial charge in [-0.15, -0.1) is 0 Å². The Balaban J connectivity index is 1.60. The lowest BCUT2D eigenvalue weighted by molar-refractivity contribution is -0.255. The van der Waals surface area contributed by atoms with Crippen LogP contribution in [-0.4, -0.2) is 17.5 Å². The highest BCUT2D eigenvalue weighted by Gasteiger charge is 2.39. The Bertz CT molecular complexity index is 790. The first-order chi connectivity index (χ1) is 13.8. The van der Waals surface area contributed by atoms with E-state index in [4.69, 9.17) is 14.3 Å². The monoisotopic (exact) mass is 374 g/mol. The summed E-state index contributed by atoms with van der Waals surface area (Å²) in [5.41, 5.74) is 0. The molecule has 1 aliphatic heterocycles. The van der Waals surface area contributed by atoms with E-state index in [1.54, 1.807) is 0 Å². The zero-order chi connectivity index (χ0) is 19.2. The quantitative estimate of drug-likeness (QED) is 0.583. The largest absolute Gasteiger partial charge is 0.472 e. The summed E-state index contributed by atoms with van der Waals surface area (Å²) in [6.07, 6.45) is 0.868. The SMILES string of the molecule is [CH2]C1CC(Oc2ccccc2)N(Oc2ccccc2)C(Oc2ccccc2)C1. The molecule has 4 rings (SSSR count). The van der Waals surface area contributed by atoms with Crippen LogP contribution in [0.4, 0.5) is 0 Å². The van der Waals surface area contributed by atoms with Crippen LogP contribution in [0.5, 0.6) is 17.2 Å². The lowest BCUT2D eigenvalue weighted by Crippen LogP contribution is -2.55. The van der Waals surface area contributed by atoms with Gasteiger partial charge < -0.3 is 14.3 Å². The third kappa shape index (κ3) is 4.65. The molecule has 0 aromatic heterocycles. The summed E-state index contributed by atoms with van der Waals surface area (Å²) in [4.78, 5) is 6.23. The molecule has 1 heterocycles. The van der Waals surface area contributed by atoms with Gasteiger partial charge in [0.2, 0.25) is 0 Å². The van der Waals surface area contributed by atoms with Crippen molar-refractivity contribution in [2.24, 2.45) is 5.92 Å². The van der Waals surface area contributed by atoms with E-state index < -0.39 is 0 Å². The third-order valence-electron chi connectivity index (χ3n) is 4.62. The smallest absolute Gasteiger partial charge is 0.188 e. The Morgan fingerprint density at radius 1 is 0.607 bits per heavy atom. The molecule has 0 N–H and O–H groups in total. The lowest BCUT2D eigenvalue weighted by Gasteiger charge is -2.42. The second kappa shape index (κ2) is 8.81. The van der Waals surface area contributed by atoms with E-state index in [9.17, 15) is 0 Å². The number of hydrogen-bond donors (Lipinski definition) is 0. The predicted octanol–water partition coefficient (Wildman–Crippen LogP) is 5.34. The van der Waals surface area contributed by atoms with Crippen LogP contribution < -0.4 is 14.3 Å². The summed E-state index contributed by atoms with van der Waals surface area (Å²) in [7, 11) is 0. The van der Waals surface area contributed by atoms with E-state index in [2.05, 4.69) is 6.92 Å². The van der Waals surface area contributed by atoms with Crippen LogP contribution in [0.15, 0.2) is 91.0 Å². The first-order valence-corrected chi connectivity index (χ1v) is 9.56. The number of hydroxylamine groups is 2. The molecular weight excluding hydrogens is 350 g/mol. The molecule has 28 heavy (non-hydrogen) atoms. The number of piperidine rings is 1.